The summed E-state index contributed by atoms with van der Waals surface area (Å²) < 4.78 is 4.81. The Morgan fingerprint density at radius 3 is 2.70 bits per heavy atom. The average Bonchev–Trinajstić information content (AvgIpc) is 2.99. The van der Waals surface area contributed by atoms with Gasteiger partial charge in [-0.1, -0.05) is 31.2 Å². The topological polar surface area (TPSA) is 55.1 Å². The van der Waals surface area contributed by atoms with E-state index in [2.05, 4.69) is 41.5 Å². The molecule has 2 aromatic rings. The standard InChI is InChI=1S/C16H18N2O2/c1-2-13-3-5-14(6-4-13)9-10-17-16(19)8-7-15-11-20-12-18-15/h3-8,11-12H,2,9-10H2,1H3,(H,17,19)/b8-7+. The molecule has 1 aromatic carbocycles. The fourth-order valence-corrected chi connectivity index (χ4v) is 1.80. The van der Waals surface area contributed by atoms with Crippen molar-refractivity contribution in [3.05, 3.63) is 59.8 Å². The van der Waals surface area contributed by atoms with E-state index < -0.39 is 0 Å². The minimum atomic E-state index is -0.127. The smallest absolute Gasteiger partial charge is 0.244 e. The van der Waals surface area contributed by atoms with Crippen molar-refractivity contribution >= 4 is 12.0 Å². The second kappa shape index (κ2) is 7.28. The van der Waals surface area contributed by atoms with Gasteiger partial charge in [0.2, 0.25) is 5.91 Å². The Morgan fingerprint density at radius 2 is 2.05 bits per heavy atom. The highest BCUT2D eigenvalue weighted by molar-refractivity contribution is 5.91. The average molecular weight is 270 g/mol. The lowest BCUT2D eigenvalue weighted by molar-refractivity contribution is -0.116. The van der Waals surface area contributed by atoms with Crippen molar-refractivity contribution in [2.75, 3.05) is 6.54 Å². The summed E-state index contributed by atoms with van der Waals surface area (Å²) in [7, 11) is 0. The van der Waals surface area contributed by atoms with Crippen LogP contribution in [0.25, 0.3) is 6.08 Å². The predicted octanol–water partition coefficient (Wildman–Crippen LogP) is 2.61. The molecule has 0 aliphatic rings. The number of nitrogens with zero attached hydrogens (tertiary/aromatic N) is 1. The fourth-order valence-electron chi connectivity index (χ4n) is 1.80. The van der Waals surface area contributed by atoms with Gasteiger partial charge in [-0.2, -0.15) is 0 Å². The summed E-state index contributed by atoms with van der Waals surface area (Å²) in [6.45, 7) is 2.75. The first-order valence-electron chi connectivity index (χ1n) is 6.70. The van der Waals surface area contributed by atoms with Crippen LogP contribution >= 0.6 is 0 Å². The van der Waals surface area contributed by atoms with E-state index in [1.165, 1.54) is 29.9 Å². The summed E-state index contributed by atoms with van der Waals surface area (Å²) >= 11 is 0. The van der Waals surface area contributed by atoms with Crippen LogP contribution in [0, 0.1) is 0 Å². The van der Waals surface area contributed by atoms with Gasteiger partial charge in [-0.25, -0.2) is 4.98 Å². The summed E-state index contributed by atoms with van der Waals surface area (Å²) in [5.41, 5.74) is 3.19. The molecule has 4 heteroatoms. The number of oxazole rings is 1. The van der Waals surface area contributed by atoms with Crippen LogP contribution in [0.4, 0.5) is 0 Å². The Kier molecular flexibility index (Phi) is 5.12. The van der Waals surface area contributed by atoms with Crippen molar-refractivity contribution in [2.45, 2.75) is 19.8 Å². The number of carbonyl (C=O) groups excluding carboxylic acids is 1. The van der Waals surface area contributed by atoms with Gasteiger partial charge in [0.25, 0.3) is 0 Å². The molecule has 0 spiro atoms. The van der Waals surface area contributed by atoms with Crippen LogP contribution in [0.5, 0.6) is 0 Å². The lowest BCUT2D eigenvalue weighted by Gasteiger charge is -2.03. The number of hydrogen-bond donors (Lipinski definition) is 1. The molecule has 0 aliphatic carbocycles. The molecular weight excluding hydrogens is 252 g/mol. The van der Waals surface area contributed by atoms with Crippen LogP contribution in [0.3, 0.4) is 0 Å². The molecule has 1 N–H and O–H groups in total. The highest BCUT2D eigenvalue weighted by Crippen LogP contribution is 2.05. The van der Waals surface area contributed by atoms with E-state index in [0.29, 0.717) is 12.2 Å². The van der Waals surface area contributed by atoms with E-state index in [0.717, 1.165) is 12.8 Å². The highest BCUT2D eigenvalue weighted by atomic mass is 16.3. The number of nitrogens with one attached hydrogen (secondary N) is 1. The number of carbonyl (C=O) groups is 1. The molecule has 0 saturated carbocycles. The van der Waals surface area contributed by atoms with E-state index >= 15 is 0 Å². The summed E-state index contributed by atoms with van der Waals surface area (Å²) in [6.07, 6.45) is 7.76. The van der Waals surface area contributed by atoms with E-state index in [-0.39, 0.29) is 5.91 Å². The summed E-state index contributed by atoms with van der Waals surface area (Å²) in [6, 6.07) is 8.47. The molecule has 1 heterocycles. The normalized spacial score (nSPS) is 10.8. The van der Waals surface area contributed by atoms with Crippen molar-refractivity contribution in [3.8, 4) is 0 Å². The number of hydrogen-bond acceptors (Lipinski definition) is 3. The predicted molar refractivity (Wildman–Crippen MR) is 78.1 cm³/mol. The first kappa shape index (κ1) is 14.1. The van der Waals surface area contributed by atoms with Gasteiger partial charge in [0.15, 0.2) is 6.39 Å². The van der Waals surface area contributed by atoms with Crippen LogP contribution in [-0.4, -0.2) is 17.4 Å². The molecular formula is C16H18N2O2. The van der Waals surface area contributed by atoms with Gasteiger partial charge < -0.3 is 9.73 Å². The molecule has 1 amide bonds. The summed E-state index contributed by atoms with van der Waals surface area (Å²) in [5, 5.41) is 2.84. The van der Waals surface area contributed by atoms with Gasteiger partial charge in [0.1, 0.15) is 12.0 Å². The van der Waals surface area contributed by atoms with E-state index in [1.807, 2.05) is 0 Å². The summed E-state index contributed by atoms with van der Waals surface area (Å²) in [4.78, 5) is 15.5. The third kappa shape index (κ3) is 4.39. The van der Waals surface area contributed by atoms with Crippen molar-refractivity contribution < 1.29 is 9.21 Å². The molecule has 0 unspecified atom stereocenters. The van der Waals surface area contributed by atoms with Crippen molar-refractivity contribution in [3.63, 3.8) is 0 Å². The van der Waals surface area contributed by atoms with Crippen molar-refractivity contribution in [1.29, 1.82) is 0 Å². The second-order valence-electron chi connectivity index (χ2n) is 4.46. The quantitative estimate of drug-likeness (QED) is 0.821. The Balaban J connectivity index is 1.73. The first-order valence-corrected chi connectivity index (χ1v) is 6.70. The lowest BCUT2D eigenvalue weighted by Crippen LogP contribution is -2.23. The van der Waals surface area contributed by atoms with E-state index in [1.54, 1.807) is 6.08 Å². The van der Waals surface area contributed by atoms with Crippen LogP contribution in [-0.2, 0) is 17.6 Å². The maximum Gasteiger partial charge on any atom is 0.244 e. The van der Waals surface area contributed by atoms with E-state index in [9.17, 15) is 4.79 Å². The maximum atomic E-state index is 11.6. The zero-order valence-corrected chi connectivity index (χ0v) is 11.5. The Morgan fingerprint density at radius 1 is 1.30 bits per heavy atom. The zero-order chi connectivity index (χ0) is 14.2. The fraction of sp³-hybridized carbons (Fsp3) is 0.250. The van der Waals surface area contributed by atoms with Gasteiger partial charge in [-0.05, 0) is 30.0 Å². The number of amides is 1. The molecule has 0 radical (unpaired) electrons. The SMILES string of the molecule is CCc1ccc(CCNC(=O)/C=C/c2cocn2)cc1. The molecule has 4 nitrogen and oxygen atoms in total. The highest BCUT2D eigenvalue weighted by Gasteiger charge is 1.98. The number of benzene rings is 1. The molecule has 0 fully saturated rings. The molecule has 0 atom stereocenters. The van der Waals surface area contributed by atoms with Crippen LogP contribution in [0.15, 0.2) is 47.4 Å². The van der Waals surface area contributed by atoms with Crippen molar-refractivity contribution in [2.24, 2.45) is 0 Å². The van der Waals surface area contributed by atoms with Crippen LogP contribution < -0.4 is 5.32 Å². The maximum absolute atomic E-state index is 11.6. The molecule has 104 valence electrons. The Bertz CT molecular complexity index is 557. The molecule has 0 saturated heterocycles. The Labute approximate surface area is 118 Å². The second-order valence-corrected chi connectivity index (χ2v) is 4.46. The van der Waals surface area contributed by atoms with Gasteiger partial charge in [0.05, 0.1) is 0 Å². The molecule has 1 aromatic heterocycles. The third-order valence-electron chi connectivity index (χ3n) is 3.00. The molecule has 0 bridgehead atoms. The zero-order valence-electron chi connectivity index (χ0n) is 11.5. The van der Waals surface area contributed by atoms with Gasteiger partial charge in [-0.15, -0.1) is 0 Å². The van der Waals surface area contributed by atoms with Gasteiger partial charge in [0, 0.05) is 12.6 Å². The number of rotatable bonds is 6. The van der Waals surface area contributed by atoms with Gasteiger partial charge in [-0.3, -0.25) is 4.79 Å². The van der Waals surface area contributed by atoms with Crippen molar-refractivity contribution in [1.82, 2.24) is 10.3 Å². The number of aryl methyl sites for hydroxylation is 1. The minimum Gasteiger partial charge on any atom is -0.451 e. The molecule has 2 rings (SSSR count). The van der Waals surface area contributed by atoms with E-state index in [4.69, 9.17) is 4.42 Å². The first-order chi connectivity index (χ1) is 9.78. The monoisotopic (exact) mass is 270 g/mol. The minimum absolute atomic E-state index is 0.127. The number of aromatic nitrogens is 1. The Hall–Kier alpha value is -2.36. The lowest BCUT2D eigenvalue weighted by atomic mass is 10.1. The molecule has 0 aliphatic heterocycles. The largest absolute Gasteiger partial charge is 0.451 e. The molecule has 20 heavy (non-hydrogen) atoms. The summed E-state index contributed by atoms with van der Waals surface area (Å²) in [5.74, 6) is -0.127. The van der Waals surface area contributed by atoms with Gasteiger partial charge >= 0.3 is 0 Å². The third-order valence-corrected chi connectivity index (χ3v) is 3.00. The van der Waals surface area contributed by atoms with Crippen LogP contribution in [0.2, 0.25) is 0 Å². The van der Waals surface area contributed by atoms with Crippen LogP contribution in [0.1, 0.15) is 23.7 Å².